The maximum absolute atomic E-state index is 12.2. The Kier molecular flexibility index (Phi) is 5.91. The molecule has 5 nitrogen and oxygen atoms in total. The number of nitriles is 1. The van der Waals surface area contributed by atoms with Gasteiger partial charge in [0.2, 0.25) is 0 Å². The normalized spacial score (nSPS) is 26.8. The van der Waals surface area contributed by atoms with Crippen LogP contribution >= 0.6 is 23.2 Å². The van der Waals surface area contributed by atoms with Gasteiger partial charge in [-0.15, -0.1) is 0 Å². The molecule has 7 heteroatoms. The van der Waals surface area contributed by atoms with Gasteiger partial charge in [0, 0.05) is 23.2 Å². The monoisotopic (exact) mass is 431 g/mol. The highest BCUT2D eigenvalue weighted by Gasteiger charge is 2.59. The van der Waals surface area contributed by atoms with Gasteiger partial charge in [-0.1, -0.05) is 62.2 Å². The van der Waals surface area contributed by atoms with E-state index in [9.17, 15) is 15.2 Å². The van der Waals surface area contributed by atoms with Gasteiger partial charge in [-0.2, -0.15) is 5.26 Å². The molecule has 2 N–H and O–H groups in total. The molecule has 2 aromatic rings. The molecule has 0 saturated carbocycles. The summed E-state index contributed by atoms with van der Waals surface area (Å²) in [6, 6.07) is 11.6. The summed E-state index contributed by atoms with van der Waals surface area (Å²) < 4.78 is 0. The second kappa shape index (κ2) is 7.95. The van der Waals surface area contributed by atoms with Crippen LogP contribution < -0.4 is 5.32 Å². The zero-order valence-electron chi connectivity index (χ0n) is 16.5. The smallest absolute Gasteiger partial charge is 0.321 e. The van der Waals surface area contributed by atoms with E-state index in [2.05, 4.69) is 37.1 Å². The van der Waals surface area contributed by atoms with Crippen molar-refractivity contribution in [2.24, 2.45) is 5.41 Å². The van der Waals surface area contributed by atoms with E-state index in [4.69, 9.17) is 23.2 Å². The highest BCUT2D eigenvalue weighted by Crippen LogP contribution is 2.51. The van der Waals surface area contributed by atoms with Crippen molar-refractivity contribution in [3.8, 4) is 6.07 Å². The Bertz CT molecular complexity index is 950. The first-order valence-corrected chi connectivity index (χ1v) is 10.1. The molecule has 0 amide bonds. The number of aliphatic carboxylic acids is 1. The van der Waals surface area contributed by atoms with E-state index in [1.54, 1.807) is 36.5 Å². The van der Waals surface area contributed by atoms with Crippen LogP contribution in [-0.2, 0) is 10.2 Å². The maximum atomic E-state index is 12.2. The lowest BCUT2D eigenvalue weighted by molar-refractivity contribution is -0.139. The molecule has 0 radical (unpaired) electrons. The van der Waals surface area contributed by atoms with Crippen LogP contribution in [0.1, 0.15) is 44.2 Å². The van der Waals surface area contributed by atoms with Crippen LogP contribution in [0, 0.1) is 16.7 Å². The minimum atomic E-state index is -1.15. The number of hydrogen-bond donors (Lipinski definition) is 2. The first-order valence-electron chi connectivity index (χ1n) is 9.36. The number of carbonyl (C=O) groups is 1. The minimum absolute atomic E-state index is 0.133. The van der Waals surface area contributed by atoms with Crippen molar-refractivity contribution in [2.45, 2.75) is 50.6 Å². The Hall–Kier alpha value is -2.13. The fraction of sp³-hybridized carbons (Fsp3) is 0.409. The molecule has 4 atom stereocenters. The first-order chi connectivity index (χ1) is 13.6. The lowest BCUT2D eigenvalue weighted by Crippen LogP contribution is -2.44. The molecule has 0 unspecified atom stereocenters. The number of rotatable bonds is 4. The summed E-state index contributed by atoms with van der Waals surface area (Å²) in [5.41, 5.74) is 0.0509. The number of benzene rings is 1. The third kappa shape index (κ3) is 4.11. The van der Waals surface area contributed by atoms with Crippen molar-refractivity contribution in [1.82, 2.24) is 10.3 Å². The number of hydrogen-bond acceptors (Lipinski definition) is 4. The summed E-state index contributed by atoms with van der Waals surface area (Å²) in [6.07, 6.45) is 2.18. The molecule has 1 aliphatic rings. The van der Waals surface area contributed by atoms with Gasteiger partial charge in [0.1, 0.15) is 16.6 Å². The highest BCUT2D eigenvalue weighted by atomic mass is 35.5. The summed E-state index contributed by atoms with van der Waals surface area (Å²) >= 11 is 12.2. The molecule has 0 spiro atoms. The van der Waals surface area contributed by atoms with Crippen LogP contribution in [0.3, 0.4) is 0 Å². The molecular formula is C22H23Cl2N3O2. The molecule has 0 bridgehead atoms. The zero-order chi connectivity index (χ0) is 21.4. The number of aromatic nitrogens is 1. The molecule has 1 aromatic carbocycles. The quantitative estimate of drug-likeness (QED) is 0.679. The van der Waals surface area contributed by atoms with E-state index in [1.165, 1.54) is 0 Å². The summed E-state index contributed by atoms with van der Waals surface area (Å²) in [4.78, 5) is 16.4. The number of halogens is 2. The molecule has 1 saturated heterocycles. The third-order valence-electron chi connectivity index (χ3n) is 5.43. The van der Waals surface area contributed by atoms with E-state index in [0.29, 0.717) is 27.7 Å². The van der Waals surface area contributed by atoms with Crippen molar-refractivity contribution >= 4 is 29.2 Å². The van der Waals surface area contributed by atoms with Crippen molar-refractivity contribution in [3.05, 3.63) is 63.9 Å². The van der Waals surface area contributed by atoms with Gasteiger partial charge in [0.15, 0.2) is 0 Å². The molecule has 3 rings (SSSR count). The van der Waals surface area contributed by atoms with Gasteiger partial charge < -0.3 is 5.11 Å². The van der Waals surface area contributed by atoms with Crippen LogP contribution in [0.25, 0.3) is 0 Å². The number of nitrogens with zero attached hydrogens (tertiary/aromatic N) is 2. The average Bonchev–Trinajstić information content (AvgIpc) is 2.96. The number of nitrogens with one attached hydrogen (secondary N) is 1. The fourth-order valence-electron chi connectivity index (χ4n) is 4.34. The predicted octanol–water partition coefficient (Wildman–Crippen LogP) is 4.79. The Labute approximate surface area is 180 Å². The average molecular weight is 432 g/mol. The Morgan fingerprint density at radius 1 is 1.31 bits per heavy atom. The van der Waals surface area contributed by atoms with E-state index >= 15 is 0 Å². The summed E-state index contributed by atoms with van der Waals surface area (Å²) in [5, 5.41) is 24.6. The molecule has 1 aliphatic heterocycles. The molecule has 1 fully saturated rings. The van der Waals surface area contributed by atoms with Crippen molar-refractivity contribution < 1.29 is 9.90 Å². The van der Waals surface area contributed by atoms with Crippen molar-refractivity contribution in [2.75, 3.05) is 0 Å². The summed E-state index contributed by atoms with van der Waals surface area (Å²) in [6.45, 7) is 6.21. The van der Waals surface area contributed by atoms with Gasteiger partial charge in [-0.05, 0) is 41.2 Å². The SMILES string of the molecule is CC(C)(C)C[C@@H]1N[C@@H](C(=O)O)[C@H](c2cccc(Cl)c2)[C@@]1(C#N)c1ccc(Cl)nc1. The molecular weight excluding hydrogens is 409 g/mol. The number of carboxylic acid groups (broad SMARTS) is 1. The first kappa shape index (κ1) is 21.6. The topological polar surface area (TPSA) is 86.0 Å². The maximum Gasteiger partial charge on any atom is 0.321 e. The van der Waals surface area contributed by atoms with Gasteiger partial charge in [0.05, 0.1) is 6.07 Å². The minimum Gasteiger partial charge on any atom is -0.480 e. The van der Waals surface area contributed by atoms with Crippen LogP contribution in [-0.4, -0.2) is 28.1 Å². The van der Waals surface area contributed by atoms with Crippen LogP contribution in [0.4, 0.5) is 0 Å². The predicted molar refractivity (Wildman–Crippen MR) is 113 cm³/mol. The lowest BCUT2D eigenvalue weighted by Gasteiger charge is -2.37. The summed E-state index contributed by atoms with van der Waals surface area (Å²) in [7, 11) is 0. The lowest BCUT2D eigenvalue weighted by atomic mass is 9.63. The van der Waals surface area contributed by atoms with E-state index < -0.39 is 29.4 Å². The van der Waals surface area contributed by atoms with Gasteiger partial charge >= 0.3 is 5.97 Å². The standard InChI is InChI=1S/C22H23Cl2N3O2/c1-21(2,3)10-16-22(12-25,14-7-8-17(24)26-11-14)18(19(27-16)20(28)29)13-5-4-6-15(23)9-13/h4-9,11,16,18-19,27H,10H2,1-3H3,(H,28,29)/t16-,18-,19+,22-/m0/s1. The third-order valence-corrected chi connectivity index (χ3v) is 5.89. The number of pyridine rings is 1. The molecule has 0 aliphatic carbocycles. The zero-order valence-corrected chi connectivity index (χ0v) is 18.0. The van der Waals surface area contributed by atoms with Crippen LogP contribution in [0.15, 0.2) is 42.6 Å². The van der Waals surface area contributed by atoms with Crippen molar-refractivity contribution in [1.29, 1.82) is 5.26 Å². The Balaban J connectivity index is 2.28. The Morgan fingerprint density at radius 2 is 2.03 bits per heavy atom. The fourth-order valence-corrected chi connectivity index (χ4v) is 4.65. The van der Waals surface area contributed by atoms with Gasteiger partial charge in [-0.3, -0.25) is 10.1 Å². The molecule has 152 valence electrons. The molecule has 29 heavy (non-hydrogen) atoms. The van der Waals surface area contributed by atoms with Crippen LogP contribution in [0.2, 0.25) is 10.2 Å². The van der Waals surface area contributed by atoms with Gasteiger partial charge in [0.25, 0.3) is 0 Å². The molecule has 2 heterocycles. The van der Waals surface area contributed by atoms with Gasteiger partial charge in [-0.25, -0.2) is 4.98 Å². The second-order valence-corrected chi connectivity index (χ2v) is 9.51. The van der Waals surface area contributed by atoms with E-state index in [0.717, 1.165) is 0 Å². The number of carboxylic acids is 1. The van der Waals surface area contributed by atoms with Crippen molar-refractivity contribution in [3.63, 3.8) is 0 Å². The van der Waals surface area contributed by atoms with Crippen LogP contribution in [0.5, 0.6) is 0 Å². The largest absolute Gasteiger partial charge is 0.480 e. The second-order valence-electron chi connectivity index (χ2n) is 8.68. The Morgan fingerprint density at radius 3 is 2.55 bits per heavy atom. The van der Waals surface area contributed by atoms with E-state index in [1.807, 2.05) is 6.07 Å². The highest BCUT2D eigenvalue weighted by molar-refractivity contribution is 6.30. The summed E-state index contributed by atoms with van der Waals surface area (Å²) in [5.74, 6) is -1.66. The van der Waals surface area contributed by atoms with E-state index in [-0.39, 0.29) is 5.41 Å². The molecule has 1 aromatic heterocycles.